The third kappa shape index (κ3) is 1.10. The highest BCUT2D eigenvalue weighted by Crippen LogP contribution is 2.36. The second kappa shape index (κ2) is 3.22. The fourth-order valence-corrected chi connectivity index (χ4v) is 2.62. The van der Waals surface area contributed by atoms with Crippen LogP contribution in [-0.2, 0) is 0 Å². The maximum Gasteiger partial charge on any atom is 0.329 e. The molecule has 4 nitrogen and oxygen atoms in total. The highest BCUT2D eigenvalue weighted by Gasteiger charge is 2.42. The van der Waals surface area contributed by atoms with Gasteiger partial charge in [-0.3, -0.25) is 4.57 Å². The summed E-state index contributed by atoms with van der Waals surface area (Å²) in [6.07, 6.45) is 3.97. The zero-order valence-corrected chi connectivity index (χ0v) is 9.13. The minimum absolute atomic E-state index is 0.0212. The van der Waals surface area contributed by atoms with Gasteiger partial charge >= 0.3 is 6.03 Å². The van der Waals surface area contributed by atoms with E-state index >= 15 is 0 Å². The van der Waals surface area contributed by atoms with Gasteiger partial charge in [0.1, 0.15) is 6.10 Å². The van der Waals surface area contributed by atoms with Crippen molar-refractivity contribution < 1.29 is 9.90 Å². The number of aliphatic hydroxyl groups is 1. The van der Waals surface area contributed by atoms with Crippen molar-refractivity contribution in [3.05, 3.63) is 35.7 Å². The quantitative estimate of drug-likeness (QED) is 0.671. The maximum absolute atomic E-state index is 12.1. The normalized spacial score (nSPS) is 30.8. The molecular weight excluding hydrogens is 204 g/mol. The molecule has 1 aromatic heterocycles. The average molecular weight is 218 g/mol. The fraction of sp³-hybridized carbons (Fsp3) is 0.417. The zero-order valence-electron chi connectivity index (χ0n) is 9.13. The molecular formula is C12H14N2O2. The Bertz CT molecular complexity index is 475. The summed E-state index contributed by atoms with van der Waals surface area (Å²) in [4.78, 5) is 13.9. The first-order valence-electron chi connectivity index (χ1n) is 5.52. The van der Waals surface area contributed by atoms with Crippen LogP contribution in [0.4, 0.5) is 4.79 Å². The van der Waals surface area contributed by atoms with Crippen molar-refractivity contribution >= 4 is 6.03 Å². The predicted molar refractivity (Wildman–Crippen MR) is 59.1 cm³/mol. The molecule has 4 heteroatoms. The van der Waals surface area contributed by atoms with Crippen LogP contribution in [0.5, 0.6) is 0 Å². The van der Waals surface area contributed by atoms with Crippen molar-refractivity contribution in [2.24, 2.45) is 0 Å². The van der Waals surface area contributed by atoms with Gasteiger partial charge in [0, 0.05) is 12.7 Å². The van der Waals surface area contributed by atoms with Crippen LogP contribution in [-0.4, -0.2) is 33.2 Å². The summed E-state index contributed by atoms with van der Waals surface area (Å²) in [7, 11) is 0. The molecule has 84 valence electrons. The third-order valence-electron chi connectivity index (χ3n) is 3.55. The van der Waals surface area contributed by atoms with E-state index in [0.717, 1.165) is 6.42 Å². The minimum Gasteiger partial charge on any atom is -0.385 e. The number of carbonyl (C=O) groups excluding carboxylic acids is 1. The number of allylic oxidation sites excluding steroid dienone is 1. The molecule has 1 N–H and O–H groups in total. The molecule has 16 heavy (non-hydrogen) atoms. The van der Waals surface area contributed by atoms with Gasteiger partial charge in [-0.15, -0.1) is 0 Å². The molecule has 1 amide bonds. The summed E-state index contributed by atoms with van der Waals surface area (Å²) >= 11 is 0. The smallest absolute Gasteiger partial charge is 0.329 e. The maximum atomic E-state index is 12.1. The molecule has 0 radical (unpaired) electrons. The summed E-state index contributed by atoms with van der Waals surface area (Å²) in [5, 5.41) is 10.2. The molecule has 0 aromatic carbocycles. The Labute approximate surface area is 93.8 Å². The highest BCUT2D eigenvalue weighted by atomic mass is 16.3. The monoisotopic (exact) mass is 218 g/mol. The summed E-state index contributed by atoms with van der Waals surface area (Å²) < 4.78 is 1.54. The SMILES string of the molecule is CC=C1C[C@@H]2[C@H](O)c3cccn3C(=O)N2C1. The molecule has 1 aromatic rings. The largest absolute Gasteiger partial charge is 0.385 e. The molecule has 3 rings (SSSR count). The number of fused-ring (bicyclic) bond motifs is 2. The van der Waals surface area contributed by atoms with Gasteiger partial charge in [-0.2, -0.15) is 0 Å². The Balaban J connectivity index is 2.06. The van der Waals surface area contributed by atoms with E-state index in [1.807, 2.05) is 19.1 Å². The summed E-state index contributed by atoms with van der Waals surface area (Å²) in [6, 6.07) is 3.51. The van der Waals surface area contributed by atoms with E-state index < -0.39 is 6.10 Å². The van der Waals surface area contributed by atoms with Crippen LogP contribution in [0.1, 0.15) is 25.1 Å². The molecule has 0 aliphatic carbocycles. The Kier molecular flexibility index (Phi) is 1.94. The van der Waals surface area contributed by atoms with Gasteiger partial charge in [0.05, 0.1) is 11.7 Å². The van der Waals surface area contributed by atoms with Crippen molar-refractivity contribution in [2.75, 3.05) is 6.54 Å². The number of aromatic nitrogens is 1. The fourth-order valence-electron chi connectivity index (χ4n) is 2.62. The topological polar surface area (TPSA) is 45.5 Å². The third-order valence-corrected chi connectivity index (χ3v) is 3.55. The minimum atomic E-state index is -0.565. The van der Waals surface area contributed by atoms with Crippen molar-refractivity contribution in [3.63, 3.8) is 0 Å². The van der Waals surface area contributed by atoms with Gasteiger partial charge in [-0.25, -0.2) is 4.79 Å². The molecule has 2 aliphatic rings. The lowest BCUT2D eigenvalue weighted by molar-refractivity contribution is 0.0652. The van der Waals surface area contributed by atoms with Crippen LogP contribution in [0.3, 0.4) is 0 Å². The Hall–Kier alpha value is -1.55. The van der Waals surface area contributed by atoms with Gasteiger partial charge in [-0.05, 0) is 25.5 Å². The van der Waals surface area contributed by atoms with Crippen molar-refractivity contribution in [1.82, 2.24) is 9.47 Å². The lowest BCUT2D eigenvalue weighted by Crippen LogP contribution is -2.46. The van der Waals surface area contributed by atoms with Crippen molar-refractivity contribution in [2.45, 2.75) is 25.5 Å². The molecule has 3 heterocycles. The average Bonchev–Trinajstić information content (AvgIpc) is 2.92. The lowest BCUT2D eigenvalue weighted by atomic mass is 10.0. The van der Waals surface area contributed by atoms with Crippen LogP contribution in [0, 0.1) is 0 Å². The molecule has 0 saturated carbocycles. The van der Waals surface area contributed by atoms with Crippen LogP contribution in [0.25, 0.3) is 0 Å². The van der Waals surface area contributed by atoms with Gasteiger partial charge in [0.2, 0.25) is 0 Å². The summed E-state index contributed by atoms with van der Waals surface area (Å²) in [5.41, 5.74) is 1.94. The second-order valence-electron chi connectivity index (χ2n) is 4.38. The van der Waals surface area contributed by atoms with Crippen LogP contribution in [0.15, 0.2) is 30.0 Å². The molecule has 0 unspecified atom stereocenters. The standard InChI is InChI=1S/C12H14N2O2/c1-2-8-6-10-11(15)9-4-3-5-13(9)12(16)14(10)7-8/h2-5,10-11,15H,6-7H2,1H3/t10-,11-/m1/s1. The van der Waals surface area contributed by atoms with Crippen LogP contribution >= 0.6 is 0 Å². The van der Waals surface area contributed by atoms with Crippen LogP contribution in [0.2, 0.25) is 0 Å². The van der Waals surface area contributed by atoms with Gasteiger partial charge in [0.15, 0.2) is 0 Å². The number of nitrogens with zero attached hydrogens (tertiary/aromatic N) is 2. The first-order valence-corrected chi connectivity index (χ1v) is 5.52. The van der Waals surface area contributed by atoms with Gasteiger partial charge in [-0.1, -0.05) is 11.6 Å². The van der Waals surface area contributed by atoms with Gasteiger partial charge in [0.25, 0.3) is 0 Å². The lowest BCUT2D eigenvalue weighted by Gasteiger charge is -2.34. The number of carbonyl (C=O) groups is 1. The second-order valence-corrected chi connectivity index (χ2v) is 4.38. The van der Waals surface area contributed by atoms with E-state index in [9.17, 15) is 9.90 Å². The van der Waals surface area contributed by atoms with E-state index in [1.54, 1.807) is 21.7 Å². The molecule has 1 fully saturated rings. The number of amides is 1. The molecule has 0 spiro atoms. The number of hydrogen-bond donors (Lipinski definition) is 1. The van der Waals surface area contributed by atoms with E-state index in [0.29, 0.717) is 12.2 Å². The van der Waals surface area contributed by atoms with E-state index in [2.05, 4.69) is 0 Å². The molecule has 0 bridgehead atoms. The highest BCUT2D eigenvalue weighted by molar-refractivity contribution is 5.80. The molecule has 2 aliphatic heterocycles. The Morgan fingerprint density at radius 3 is 3.12 bits per heavy atom. The van der Waals surface area contributed by atoms with E-state index in [4.69, 9.17) is 0 Å². The zero-order chi connectivity index (χ0) is 11.3. The number of rotatable bonds is 0. The first-order chi connectivity index (χ1) is 7.72. The molecule has 1 saturated heterocycles. The van der Waals surface area contributed by atoms with Crippen molar-refractivity contribution in [1.29, 1.82) is 0 Å². The number of aliphatic hydroxyl groups excluding tert-OH is 1. The first kappa shape index (κ1) is 9.66. The van der Waals surface area contributed by atoms with Crippen molar-refractivity contribution in [3.8, 4) is 0 Å². The van der Waals surface area contributed by atoms with Crippen LogP contribution < -0.4 is 0 Å². The van der Waals surface area contributed by atoms with E-state index in [-0.39, 0.29) is 12.1 Å². The summed E-state index contributed by atoms with van der Waals surface area (Å²) in [6.45, 7) is 2.62. The Morgan fingerprint density at radius 1 is 1.56 bits per heavy atom. The van der Waals surface area contributed by atoms with Gasteiger partial charge < -0.3 is 10.0 Å². The van der Waals surface area contributed by atoms with E-state index in [1.165, 1.54) is 5.57 Å². The summed E-state index contributed by atoms with van der Waals surface area (Å²) in [5.74, 6) is 0. The predicted octanol–water partition coefficient (Wildman–Crippen LogP) is 1.52. The Morgan fingerprint density at radius 2 is 2.38 bits per heavy atom. The number of hydrogen-bond acceptors (Lipinski definition) is 2. The molecule has 2 atom stereocenters.